The molecule has 0 bridgehead atoms. The second kappa shape index (κ2) is 7.90. The summed E-state index contributed by atoms with van der Waals surface area (Å²) >= 11 is 2.40. The Labute approximate surface area is 142 Å². The maximum absolute atomic E-state index is 12.5. The Morgan fingerprint density at radius 2 is 1.81 bits per heavy atom. The van der Waals surface area contributed by atoms with E-state index < -0.39 is 5.41 Å². The Kier molecular flexibility index (Phi) is 7.10. The summed E-state index contributed by atoms with van der Waals surface area (Å²) in [5.41, 5.74) is -0.920. The first-order valence-corrected chi connectivity index (χ1v) is 9.55. The van der Waals surface area contributed by atoms with Crippen LogP contribution in [-0.2, 0) is 14.3 Å². The molecular weight excluding hydrogens is 381 g/mol. The molecule has 1 aliphatic rings. The Morgan fingerprint density at radius 3 is 2.19 bits per heavy atom. The summed E-state index contributed by atoms with van der Waals surface area (Å²) in [6, 6.07) is 0.374. The van der Waals surface area contributed by atoms with Gasteiger partial charge < -0.3 is 9.22 Å². The molecule has 0 aromatic heterocycles. The minimum atomic E-state index is -0.920. The number of hydrogen-bond acceptors (Lipinski definition) is 3. The van der Waals surface area contributed by atoms with Crippen LogP contribution in [0.5, 0.6) is 0 Å². The molecule has 1 saturated heterocycles. The minimum absolute atomic E-state index is 0.0250. The van der Waals surface area contributed by atoms with Crippen molar-refractivity contribution in [2.75, 3.05) is 30.7 Å². The standard InChI is InChI=1S/C16H29INO3/c1-5-8-18(9-6-2)12-16(13(4)19,10-14(18)11-17)15(20)21-7-3/h14H,5-12H2,1-4H3/q+1. The van der Waals surface area contributed by atoms with Crippen LogP contribution in [0.3, 0.4) is 0 Å². The topological polar surface area (TPSA) is 43.4 Å². The van der Waals surface area contributed by atoms with Crippen molar-refractivity contribution < 1.29 is 18.8 Å². The highest BCUT2D eigenvalue weighted by molar-refractivity contribution is 14.1. The highest BCUT2D eigenvalue weighted by Gasteiger charge is 2.61. The molecule has 21 heavy (non-hydrogen) atoms. The average Bonchev–Trinajstić information content (AvgIpc) is 2.76. The molecule has 1 heterocycles. The number of Topliss-reactive ketones (excluding diaryl/α,β-unsaturated/α-hetero) is 1. The first kappa shape index (κ1) is 18.9. The summed E-state index contributed by atoms with van der Waals surface area (Å²) in [7, 11) is 0. The number of alkyl halides is 1. The fraction of sp³-hybridized carbons (Fsp3) is 0.875. The Hall–Kier alpha value is -0.170. The summed E-state index contributed by atoms with van der Waals surface area (Å²) < 4.78 is 7.14. The van der Waals surface area contributed by atoms with Crippen molar-refractivity contribution in [1.29, 1.82) is 0 Å². The summed E-state index contributed by atoms with van der Waals surface area (Å²) in [6.07, 6.45) is 2.79. The Balaban J connectivity index is 3.20. The van der Waals surface area contributed by atoms with Crippen molar-refractivity contribution in [3.05, 3.63) is 0 Å². The fourth-order valence-electron chi connectivity index (χ4n) is 3.87. The van der Waals surface area contributed by atoms with Crippen LogP contribution in [0.15, 0.2) is 0 Å². The van der Waals surface area contributed by atoms with Crippen LogP contribution in [0, 0.1) is 5.41 Å². The molecule has 2 unspecified atom stereocenters. The van der Waals surface area contributed by atoms with Gasteiger partial charge in [0.25, 0.3) is 0 Å². The zero-order chi connectivity index (χ0) is 16.1. The van der Waals surface area contributed by atoms with E-state index in [-0.39, 0.29) is 11.8 Å². The molecule has 0 amide bonds. The third-order valence-electron chi connectivity index (χ3n) is 4.80. The van der Waals surface area contributed by atoms with Crippen molar-refractivity contribution in [2.24, 2.45) is 5.41 Å². The highest BCUT2D eigenvalue weighted by atomic mass is 127. The molecule has 0 radical (unpaired) electrons. The van der Waals surface area contributed by atoms with Gasteiger partial charge in [0.2, 0.25) is 0 Å². The van der Waals surface area contributed by atoms with Gasteiger partial charge in [0.15, 0.2) is 11.2 Å². The van der Waals surface area contributed by atoms with E-state index in [4.69, 9.17) is 4.74 Å². The lowest BCUT2D eigenvalue weighted by Gasteiger charge is -2.40. The number of nitrogens with zero attached hydrogens (tertiary/aromatic N) is 1. The molecule has 1 fully saturated rings. The van der Waals surface area contributed by atoms with Gasteiger partial charge in [0.05, 0.1) is 30.2 Å². The molecule has 0 aromatic rings. The quantitative estimate of drug-likeness (QED) is 0.203. The summed E-state index contributed by atoms with van der Waals surface area (Å²) in [5, 5.41) is 0. The first-order valence-electron chi connectivity index (χ1n) is 8.02. The van der Waals surface area contributed by atoms with Crippen LogP contribution >= 0.6 is 22.6 Å². The first-order chi connectivity index (χ1) is 9.92. The number of carbonyl (C=O) groups excluding carboxylic acids is 2. The number of carbonyl (C=O) groups is 2. The van der Waals surface area contributed by atoms with Gasteiger partial charge in [-0.05, 0) is 26.7 Å². The molecule has 1 aliphatic heterocycles. The maximum Gasteiger partial charge on any atom is 0.325 e. The number of esters is 1. The lowest BCUT2D eigenvalue weighted by Crippen LogP contribution is -2.55. The van der Waals surface area contributed by atoms with Crippen LogP contribution in [0.1, 0.15) is 47.0 Å². The van der Waals surface area contributed by atoms with Crippen molar-refractivity contribution >= 4 is 34.3 Å². The summed E-state index contributed by atoms with van der Waals surface area (Å²) in [5.74, 6) is -0.331. The van der Waals surface area contributed by atoms with Crippen LogP contribution in [0.2, 0.25) is 0 Å². The van der Waals surface area contributed by atoms with Crippen molar-refractivity contribution in [2.45, 2.75) is 53.0 Å². The largest absolute Gasteiger partial charge is 0.465 e. The molecule has 0 aromatic carbocycles. The van der Waals surface area contributed by atoms with Gasteiger partial charge in [-0.2, -0.15) is 0 Å². The van der Waals surface area contributed by atoms with E-state index >= 15 is 0 Å². The third kappa shape index (κ3) is 3.60. The number of ketones is 1. The monoisotopic (exact) mass is 410 g/mol. The zero-order valence-corrected chi connectivity index (χ0v) is 15.9. The van der Waals surface area contributed by atoms with E-state index in [1.165, 1.54) is 0 Å². The molecule has 0 spiro atoms. The fourth-order valence-corrected chi connectivity index (χ4v) is 5.02. The molecular formula is C16H29INO3+. The second-order valence-electron chi connectivity index (χ2n) is 6.19. The van der Waals surface area contributed by atoms with E-state index in [0.29, 0.717) is 25.6 Å². The average molecular weight is 410 g/mol. The van der Waals surface area contributed by atoms with Crippen LogP contribution in [-0.4, -0.2) is 52.9 Å². The molecule has 1 rings (SSSR count). The van der Waals surface area contributed by atoms with Gasteiger partial charge in [-0.3, -0.25) is 9.59 Å². The Morgan fingerprint density at radius 1 is 1.24 bits per heavy atom. The number of hydrogen-bond donors (Lipinski definition) is 0. The molecule has 2 atom stereocenters. The van der Waals surface area contributed by atoms with Crippen LogP contribution in [0.25, 0.3) is 0 Å². The molecule has 4 nitrogen and oxygen atoms in total. The molecule has 0 N–H and O–H groups in total. The van der Waals surface area contributed by atoms with Gasteiger partial charge in [0, 0.05) is 6.42 Å². The SMILES string of the molecule is CCC[N+]1(CCC)CC(C(C)=O)(C(=O)OCC)CC1CI. The Bertz CT molecular complexity index is 380. The van der Waals surface area contributed by atoms with E-state index in [1.54, 1.807) is 13.8 Å². The number of rotatable bonds is 8. The van der Waals surface area contributed by atoms with Crippen molar-refractivity contribution in [1.82, 2.24) is 0 Å². The molecule has 122 valence electrons. The van der Waals surface area contributed by atoms with E-state index in [2.05, 4.69) is 36.4 Å². The lowest BCUT2D eigenvalue weighted by atomic mass is 9.82. The number of likely N-dealkylation sites (tertiary alicyclic amines) is 1. The zero-order valence-electron chi connectivity index (χ0n) is 13.8. The molecule has 0 aliphatic carbocycles. The van der Waals surface area contributed by atoms with E-state index in [0.717, 1.165) is 34.8 Å². The second-order valence-corrected chi connectivity index (χ2v) is 7.08. The predicted molar refractivity (Wildman–Crippen MR) is 92.5 cm³/mol. The van der Waals surface area contributed by atoms with Gasteiger partial charge in [-0.15, -0.1) is 0 Å². The molecule has 5 heteroatoms. The summed E-state index contributed by atoms with van der Waals surface area (Å²) in [6.45, 7) is 10.7. The number of quaternary nitrogens is 1. The van der Waals surface area contributed by atoms with Crippen molar-refractivity contribution in [3.8, 4) is 0 Å². The number of halogens is 1. The highest BCUT2D eigenvalue weighted by Crippen LogP contribution is 2.43. The summed E-state index contributed by atoms with van der Waals surface area (Å²) in [4.78, 5) is 24.8. The predicted octanol–water partition coefficient (Wildman–Crippen LogP) is 2.97. The minimum Gasteiger partial charge on any atom is -0.465 e. The van der Waals surface area contributed by atoms with E-state index in [9.17, 15) is 9.59 Å². The van der Waals surface area contributed by atoms with Crippen molar-refractivity contribution in [3.63, 3.8) is 0 Å². The van der Waals surface area contributed by atoms with E-state index in [1.807, 2.05) is 0 Å². The smallest absolute Gasteiger partial charge is 0.325 e. The van der Waals surface area contributed by atoms with Gasteiger partial charge in [-0.1, -0.05) is 36.4 Å². The molecule has 0 saturated carbocycles. The van der Waals surface area contributed by atoms with Crippen LogP contribution in [0.4, 0.5) is 0 Å². The number of ether oxygens (including phenoxy) is 1. The third-order valence-corrected chi connectivity index (χ3v) is 5.82. The maximum atomic E-state index is 12.5. The van der Waals surface area contributed by atoms with Gasteiger partial charge >= 0.3 is 5.97 Å². The normalized spacial score (nSPS) is 27.6. The van der Waals surface area contributed by atoms with Gasteiger partial charge in [0.1, 0.15) is 6.54 Å². The lowest BCUT2D eigenvalue weighted by molar-refractivity contribution is -0.938. The van der Waals surface area contributed by atoms with Crippen LogP contribution < -0.4 is 0 Å². The van der Waals surface area contributed by atoms with Gasteiger partial charge in [-0.25, -0.2) is 0 Å².